The van der Waals surface area contributed by atoms with Crippen molar-refractivity contribution in [2.75, 3.05) is 6.54 Å². The topological polar surface area (TPSA) is 152 Å². The zero-order valence-corrected chi connectivity index (χ0v) is 24.9. The van der Waals surface area contributed by atoms with Crippen molar-refractivity contribution in [2.24, 2.45) is 5.73 Å². The zero-order valence-electron chi connectivity index (χ0n) is 23.3. The van der Waals surface area contributed by atoms with Crippen molar-refractivity contribution in [1.82, 2.24) is 10.3 Å². The van der Waals surface area contributed by atoms with E-state index in [1.807, 2.05) is 18.2 Å². The maximum atomic E-state index is 13.8. The minimum atomic E-state index is -2.13. The van der Waals surface area contributed by atoms with Crippen molar-refractivity contribution < 1.29 is 29.0 Å². The normalized spacial score (nSPS) is 12.0. The summed E-state index contributed by atoms with van der Waals surface area (Å²) in [4.78, 5) is 56.3. The Balaban J connectivity index is 1.43. The highest BCUT2D eigenvalue weighted by molar-refractivity contribution is 9.10. The van der Waals surface area contributed by atoms with Crippen LogP contribution in [0.1, 0.15) is 36.6 Å². The molecule has 5 N–H and O–H groups in total. The molecule has 44 heavy (non-hydrogen) atoms. The Morgan fingerprint density at radius 3 is 2.05 bits per heavy atom. The van der Waals surface area contributed by atoms with Crippen molar-refractivity contribution in [3.63, 3.8) is 0 Å². The quantitative estimate of drug-likeness (QED) is 0.107. The summed E-state index contributed by atoms with van der Waals surface area (Å²) in [6.07, 6.45) is 1.74. The lowest BCUT2D eigenvalue weighted by molar-refractivity contribution is -0.139. The second-order valence-corrected chi connectivity index (χ2v) is 11.0. The summed E-state index contributed by atoms with van der Waals surface area (Å²) in [6, 6.07) is 26.6. The monoisotopic (exact) mass is 653 g/mol. The fourth-order valence-corrected chi connectivity index (χ4v) is 5.31. The molecule has 1 amide bonds. The van der Waals surface area contributed by atoms with Crippen molar-refractivity contribution in [3.8, 4) is 5.75 Å². The minimum absolute atomic E-state index is 0.0289. The number of carbonyl (C=O) groups is 4. The number of ketones is 2. The van der Waals surface area contributed by atoms with Gasteiger partial charge in [-0.25, -0.2) is 4.79 Å². The molecule has 0 aliphatic heterocycles. The van der Waals surface area contributed by atoms with E-state index in [9.17, 15) is 24.3 Å². The van der Waals surface area contributed by atoms with E-state index in [0.717, 1.165) is 20.9 Å². The van der Waals surface area contributed by atoms with Gasteiger partial charge in [-0.2, -0.15) is 0 Å². The number of carboxylic acids is 1. The summed E-state index contributed by atoms with van der Waals surface area (Å²) in [6.45, 7) is -0.479. The number of fused-ring (bicyclic) bond motifs is 1. The summed E-state index contributed by atoms with van der Waals surface area (Å²) < 4.78 is 6.98. The number of nitrogens with two attached hydrogens (primary N) is 1. The summed E-state index contributed by atoms with van der Waals surface area (Å²) in [5.74, 6) is -3.13. The number of ether oxygens (including phenoxy) is 1. The minimum Gasteiger partial charge on any atom is -0.480 e. The molecule has 9 nitrogen and oxygen atoms in total. The average Bonchev–Trinajstić information content (AvgIpc) is 3.45. The highest BCUT2D eigenvalue weighted by Gasteiger charge is 2.48. The molecule has 0 aliphatic carbocycles. The van der Waals surface area contributed by atoms with E-state index in [4.69, 9.17) is 10.5 Å². The number of rotatable bonds is 12. The molecule has 0 fully saturated rings. The Morgan fingerprint density at radius 2 is 1.45 bits per heavy atom. The largest absolute Gasteiger partial charge is 0.480 e. The number of aromatic nitrogens is 1. The Hall–Kier alpha value is -5.06. The Morgan fingerprint density at radius 1 is 0.841 bits per heavy atom. The van der Waals surface area contributed by atoms with Gasteiger partial charge in [0, 0.05) is 51.2 Å². The third-order valence-corrected chi connectivity index (χ3v) is 7.73. The van der Waals surface area contributed by atoms with Gasteiger partial charge in [0.25, 0.3) is 5.91 Å². The van der Waals surface area contributed by atoms with E-state index in [2.05, 4.69) is 26.2 Å². The number of benzene rings is 4. The number of amides is 1. The van der Waals surface area contributed by atoms with Crippen LogP contribution in [0.25, 0.3) is 10.9 Å². The molecule has 0 spiro atoms. The van der Waals surface area contributed by atoms with Gasteiger partial charge in [0.1, 0.15) is 11.8 Å². The lowest BCUT2D eigenvalue weighted by atomic mass is 9.85. The molecule has 5 rings (SSSR count). The predicted octanol–water partition coefficient (Wildman–Crippen LogP) is 5.20. The Bertz CT molecular complexity index is 1790. The SMILES string of the molecule is NCC(Oc1cccc(C(=O)NC(Cc2c[nH]c3ccc(Br)cc23)C(=O)O)c1)(C(=O)c1ccccc1)C(=O)c1ccccc1. The highest BCUT2D eigenvalue weighted by atomic mass is 79.9. The van der Waals surface area contributed by atoms with E-state index in [0.29, 0.717) is 0 Å². The molecule has 1 heterocycles. The predicted molar refractivity (Wildman–Crippen MR) is 169 cm³/mol. The fraction of sp³-hybridized carbons (Fsp3) is 0.118. The van der Waals surface area contributed by atoms with E-state index >= 15 is 0 Å². The number of Topliss-reactive ketones (excluding diaryl/α,β-unsaturated/α-hetero) is 2. The van der Waals surface area contributed by atoms with Crippen molar-refractivity contribution in [1.29, 1.82) is 0 Å². The summed E-state index contributed by atoms with van der Waals surface area (Å²) >= 11 is 3.43. The van der Waals surface area contributed by atoms with Gasteiger partial charge in [-0.05, 0) is 42.0 Å². The number of hydrogen-bond donors (Lipinski definition) is 4. The number of aliphatic carboxylic acids is 1. The van der Waals surface area contributed by atoms with Crippen molar-refractivity contribution >= 4 is 50.3 Å². The lowest BCUT2D eigenvalue weighted by Gasteiger charge is -2.31. The number of hydrogen-bond acceptors (Lipinski definition) is 6. The fourth-order valence-electron chi connectivity index (χ4n) is 4.95. The van der Waals surface area contributed by atoms with Crippen LogP contribution in [-0.4, -0.2) is 51.7 Å². The number of nitrogens with one attached hydrogen (secondary N) is 2. The van der Waals surface area contributed by atoms with Crippen molar-refractivity contribution in [2.45, 2.75) is 18.1 Å². The van der Waals surface area contributed by atoms with E-state index in [1.54, 1.807) is 66.9 Å². The maximum Gasteiger partial charge on any atom is 0.326 e. The van der Waals surface area contributed by atoms with Crippen LogP contribution in [0.15, 0.2) is 114 Å². The third-order valence-electron chi connectivity index (χ3n) is 7.24. The standard InChI is InChI=1S/C34H28BrN3O6/c35-25-14-15-28-27(18-25)24(19-37-28)17-29(33(42)43)38-32(41)23-12-7-13-26(16-23)44-34(20-36,30(39)21-8-3-1-4-9-21)31(40)22-10-5-2-6-11-22/h1-16,18-19,29,37H,17,20,36H2,(H,38,41)(H,42,43). The molecule has 0 aliphatic rings. The summed E-state index contributed by atoms with van der Waals surface area (Å²) in [7, 11) is 0. The van der Waals surface area contributed by atoms with Gasteiger partial charge in [-0.3, -0.25) is 14.4 Å². The second-order valence-electron chi connectivity index (χ2n) is 10.1. The molecule has 0 radical (unpaired) electrons. The summed E-state index contributed by atoms with van der Waals surface area (Å²) in [5.41, 5.74) is 6.07. The van der Waals surface area contributed by atoms with Gasteiger partial charge in [-0.1, -0.05) is 82.7 Å². The molecular formula is C34H28BrN3O6. The number of H-pyrrole nitrogens is 1. The van der Waals surface area contributed by atoms with E-state index in [1.165, 1.54) is 24.3 Å². The van der Waals surface area contributed by atoms with Crippen LogP contribution in [0, 0.1) is 0 Å². The van der Waals surface area contributed by atoms with E-state index in [-0.39, 0.29) is 28.9 Å². The van der Waals surface area contributed by atoms with Crippen LogP contribution in [0.3, 0.4) is 0 Å². The first-order chi connectivity index (χ1) is 21.2. The van der Waals surface area contributed by atoms with Crippen molar-refractivity contribution in [3.05, 3.63) is 136 Å². The van der Waals surface area contributed by atoms with Gasteiger partial charge in [-0.15, -0.1) is 0 Å². The van der Waals surface area contributed by atoms with Crippen LogP contribution in [0.2, 0.25) is 0 Å². The van der Waals surface area contributed by atoms with Crippen LogP contribution in [0.5, 0.6) is 5.75 Å². The highest BCUT2D eigenvalue weighted by Crippen LogP contribution is 2.28. The van der Waals surface area contributed by atoms with Gasteiger partial charge in [0.15, 0.2) is 0 Å². The molecule has 0 saturated heterocycles. The Kier molecular flexibility index (Phi) is 9.03. The molecule has 5 aromatic rings. The first-order valence-corrected chi connectivity index (χ1v) is 14.5. The molecule has 4 aromatic carbocycles. The first kappa shape index (κ1) is 30.4. The smallest absolute Gasteiger partial charge is 0.326 e. The molecule has 10 heteroatoms. The molecule has 1 atom stereocenters. The number of halogens is 1. The van der Waals surface area contributed by atoms with Gasteiger partial charge < -0.3 is 25.9 Å². The Labute approximate surface area is 261 Å². The van der Waals surface area contributed by atoms with Crippen LogP contribution < -0.4 is 15.8 Å². The van der Waals surface area contributed by atoms with Gasteiger partial charge in [0.05, 0.1) is 0 Å². The molecule has 1 unspecified atom stereocenters. The maximum absolute atomic E-state index is 13.8. The van der Waals surface area contributed by atoms with Gasteiger partial charge in [0.2, 0.25) is 17.2 Å². The molecule has 0 saturated carbocycles. The second kappa shape index (κ2) is 13.1. The van der Waals surface area contributed by atoms with Gasteiger partial charge >= 0.3 is 5.97 Å². The zero-order chi connectivity index (χ0) is 31.3. The van der Waals surface area contributed by atoms with Crippen LogP contribution >= 0.6 is 15.9 Å². The first-order valence-electron chi connectivity index (χ1n) is 13.7. The molecule has 0 bridgehead atoms. The lowest BCUT2D eigenvalue weighted by Crippen LogP contribution is -2.57. The number of carbonyl (C=O) groups excluding carboxylic acids is 3. The van der Waals surface area contributed by atoms with Crippen LogP contribution in [0.4, 0.5) is 0 Å². The summed E-state index contributed by atoms with van der Waals surface area (Å²) in [5, 5.41) is 13.3. The third kappa shape index (κ3) is 6.31. The van der Waals surface area contributed by atoms with E-state index < -0.39 is 41.6 Å². The molecular weight excluding hydrogens is 626 g/mol. The molecule has 1 aromatic heterocycles. The number of carboxylic acid groups (broad SMARTS) is 1. The number of aromatic amines is 1. The molecule has 222 valence electrons. The van der Waals surface area contributed by atoms with Crippen LogP contribution in [-0.2, 0) is 11.2 Å². The average molecular weight is 655 g/mol.